The Kier molecular flexibility index (Phi) is 2.83. The van der Waals surface area contributed by atoms with Crippen molar-refractivity contribution in [3.8, 4) is 0 Å². The molecule has 1 heterocycles. The number of rotatable bonds is 3. The average molecular weight is 167 g/mol. The lowest BCUT2D eigenvalue weighted by Gasteiger charge is -1.97. The van der Waals surface area contributed by atoms with E-state index in [9.17, 15) is 0 Å². The van der Waals surface area contributed by atoms with Crippen molar-refractivity contribution in [1.82, 2.24) is 4.98 Å². The Bertz CT molecular complexity index is 250. The Hall–Kier alpha value is -0.630. The van der Waals surface area contributed by atoms with Crippen LogP contribution in [0.15, 0.2) is 12.1 Å². The van der Waals surface area contributed by atoms with Gasteiger partial charge in [-0.05, 0) is 18.9 Å². The van der Waals surface area contributed by atoms with Crippen LogP contribution in [0.25, 0.3) is 5.57 Å². The van der Waals surface area contributed by atoms with Crippen molar-refractivity contribution < 1.29 is 0 Å². The standard InChI is InChI=1S/C9H13NS/c1-4-5-8-9(7(2)3)10-6-11-8/h6H,2,4-5H2,1,3H3. The topological polar surface area (TPSA) is 12.9 Å². The zero-order chi connectivity index (χ0) is 8.27. The van der Waals surface area contributed by atoms with E-state index in [4.69, 9.17) is 0 Å². The summed E-state index contributed by atoms with van der Waals surface area (Å²) in [6.45, 7) is 8.08. The van der Waals surface area contributed by atoms with E-state index in [1.54, 1.807) is 11.3 Å². The molecule has 0 radical (unpaired) electrons. The van der Waals surface area contributed by atoms with Crippen molar-refractivity contribution in [2.45, 2.75) is 26.7 Å². The number of allylic oxidation sites excluding steroid dienone is 1. The van der Waals surface area contributed by atoms with E-state index in [2.05, 4.69) is 18.5 Å². The van der Waals surface area contributed by atoms with Gasteiger partial charge in [0.05, 0.1) is 11.2 Å². The van der Waals surface area contributed by atoms with E-state index in [1.807, 2.05) is 12.4 Å². The highest BCUT2D eigenvalue weighted by Gasteiger charge is 2.04. The molecule has 0 aliphatic heterocycles. The van der Waals surface area contributed by atoms with Crippen LogP contribution in [-0.4, -0.2) is 4.98 Å². The molecule has 0 unspecified atom stereocenters. The monoisotopic (exact) mass is 167 g/mol. The Labute approximate surface area is 71.8 Å². The van der Waals surface area contributed by atoms with Gasteiger partial charge in [-0.2, -0.15) is 0 Å². The maximum absolute atomic E-state index is 4.25. The first-order valence-corrected chi connectivity index (χ1v) is 4.72. The van der Waals surface area contributed by atoms with Gasteiger partial charge < -0.3 is 0 Å². The van der Waals surface area contributed by atoms with E-state index >= 15 is 0 Å². The third kappa shape index (κ3) is 1.90. The zero-order valence-corrected chi connectivity index (χ0v) is 7.87. The lowest BCUT2D eigenvalue weighted by Crippen LogP contribution is -1.85. The van der Waals surface area contributed by atoms with E-state index in [1.165, 1.54) is 11.3 Å². The molecule has 60 valence electrons. The van der Waals surface area contributed by atoms with Crippen LogP contribution in [-0.2, 0) is 6.42 Å². The van der Waals surface area contributed by atoms with E-state index < -0.39 is 0 Å². The number of aryl methyl sites for hydroxylation is 1. The van der Waals surface area contributed by atoms with Gasteiger partial charge in [-0.15, -0.1) is 11.3 Å². The van der Waals surface area contributed by atoms with Gasteiger partial charge in [0.25, 0.3) is 0 Å². The van der Waals surface area contributed by atoms with Crippen LogP contribution in [0.3, 0.4) is 0 Å². The smallest absolute Gasteiger partial charge is 0.0801 e. The summed E-state index contributed by atoms with van der Waals surface area (Å²) in [5.74, 6) is 0. The number of thiazole rings is 1. The number of nitrogens with zero attached hydrogens (tertiary/aromatic N) is 1. The second-order valence-corrected chi connectivity index (χ2v) is 3.59. The van der Waals surface area contributed by atoms with Crippen molar-refractivity contribution >= 4 is 16.9 Å². The van der Waals surface area contributed by atoms with Crippen LogP contribution in [0.2, 0.25) is 0 Å². The van der Waals surface area contributed by atoms with Crippen LogP contribution in [0, 0.1) is 0 Å². The highest BCUT2D eigenvalue weighted by atomic mass is 32.1. The summed E-state index contributed by atoms with van der Waals surface area (Å²) in [6, 6.07) is 0. The van der Waals surface area contributed by atoms with Gasteiger partial charge in [-0.3, -0.25) is 0 Å². The molecule has 0 aromatic carbocycles. The first kappa shape index (κ1) is 8.47. The Balaban J connectivity index is 2.87. The van der Waals surface area contributed by atoms with Crippen LogP contribution >= 0.6 is 11.3 Å². The van der Waals surface area contributed by atoms with Gasteiger partial charge in [0.1, 0.15) is 0 Å². The van der Waals surface area contributed by atoms with Crippen LogP contribution in [0.4, 0.5) is 0 Å². The second kappa shape index (κ2) is 3.67. The summed E-state index contributed by atoms with van der Waals surface area (Å²) in [6.07, 6.45) is 2.31. The molecule has 0 N–H and O–H groups in total. The molecule has 0 saturated heterocycles. The predicted octanol–water partition coefficient (Wildman–Crippen LogP) is 3.13. The molecule has 1 nitrogen and oxygen atoms in total. The van der Waals surface area contributed by atoms with Crippen LogP contribution < -0.4 is 0 Å². The molecule has 1 aromatic heterocycles. The molecular formula is C9H13NS. The Morgan fingerprint density at radius 3 is 3.00 bits per heavy atom. The van der Waals surface area contributed by atoms with Gasteiger partial charge in [-0.1, -0.05) is 19.9 Å². The zero-order valence-electron chi connectivity index (χ0n) is 7.05. The largest absolute Gasteiger partial charge is 0.245 e. The van der Waals surface area contributed by atoms with E-state index in [0.29, 0.717) is 0 Å². The summed E-state index contributed by atoms with van der Waals surface area (Å²) >= 11 is 1.73. The first-order chi connectivity index (χ1) is 5.25. The number of aromatic nitrogens is 1. The maximum Gasteiger partial charge on any atom is 0.0801 e. The third-order valence-corrected chi connectivity index (χ3v) is 2.42. The van der Waals surface area contributed by atoms with Crippen molar-refractivity contribution in [2.24, 2.45) is 0 Å². The summed E-state index contributed by atoms with van der Waals surface area (Å²) in [4.78, 5) is 5.63. The molecule has 0 fully saturated rings. The number of hydrogen-bond acceptors (Lipinski definition) is 2. The second-order valence-electron chi connectivity index (χ2n) is 2.65. The quantitative estimate of drug-likeness (QED) is 0.674. The summed E-state index contributed by atoms with van der Waals surface area (Å²) in [5, 5.41) is 0. The Morgan fingerprint density at radius 2 is 2.45 bits per heavy atom. The summed E-state index contributed by atoms with van der Waals surface area (Å²) in [7, 11) is 0. The highest BCUT2D eigenvalue weighted by Crippen LogP contribution is 2.20. The minimum atomic E-state index is 1.08. The molecule has 1 rings (SSSR count). The highest BCUT2D eigenvalue weighted by molar-refractivity contribution is 7.09. The van der Waals surface area contributed by atoms with Crippen LogP contribution in [0.1, 0.15) is 30.8 Å². The van der Waals surface area contributed by atoms with Crippen molar-refractivity contribution in [2.75, 3.05) is 0 Å². The molecule has 2 heteroatoms. The van der Waals surface area contributed by atoms with Crippen LogP contribution in [0.5, 0.6) is 0 Å². The van der Waals surface area contributed by atoms with Gasteiger partial charge in [-0.25, -0.2) is 4.98 Å². The fourth-order valence-electron chi connectivity index (χ4n) is 1.02. The SMILES string of the molecule is C=C(C)c1ncsc1CCC. The number of hydrogen-bond donors (Lipinski definition) is 0. The van der Waals surface area contributed by atoms with Gasteiger partial charge in [0.2, 0.25) is 0 Å². The lowest BCUT2D eigenvalue weighted by molar-refractivity contribution is 0.932. The normalized spacial score (nSPS) is 10.0. The molecule has 0 bridgehead atoms. The Morgan fingerprint density at radius 1 is 1.73 bits per heavy atom. The van der Waals surface area contributed by atoms with E-state index in [-0.39, 0.29) is 0 Å². The van der Waals surface area contributed by atoms with Crippen molar-refractivity contribution in [3.63, 3.8) is 0 Å². The minimum Gasteiger partial charge on any atom is -0.245 e. The molecule has 1 aromatic rings. The third-order valence-electron chi connectivity index (χ3n) is 1.52. The molecule has 0 saturated carbocycles. The first-order valence-electron chi connectivity index (χ1n) is 3.84. The van der Waals surface area contributed by atoms with Crippen molar-refractivity contribution in [3.05, 3.63) is 22.7 Å². The molecule has 0 aliphatic rings. The summed E-state index contributed by atoms with van der Waals surface area (Å²) < 4.78 is 0. The minimum absolute atomic E-state index is 1.08. The fraction of sp³-hybridized carbons (Fsp3) is 0.444. The summed E-state index contributed by atoms with van der Waals surface area (Å²) in [5.41, 5.74) is 4.08. The average Bonchev–Trinajstić information content (AvgIpc) is 2.36. The molecule has 11 heavy (non-hydrogen) atoms. The predicted molar refractivity (Wildman–Crippen MR) is 50.8 cm³/mol. The lowest BCUT2D eigenvalue weighted by atomic mass is 10.2. The fourth-order valence-corrected chi connectivity index (χ4v) is 1.97. The van der Waals surface area contributed by atoms with Gasteiger partial charge in [0.15, 0.2) is 0 Å². The van der Waals surface area contributed by atoms with Gasteiger partial charge >= 0.3 is 0 Å². The van der Waals surface area contributed by atoms with Gasteiger partial charge in [0, 0.05) is 4.88 Å². The molecule has 0 amide bonds. The molecule has 0 aliphatic carbocycles. The molecule has 0 atom stereocenters. The van der Waals surface area contributed by atoms with Crippen molar-refractivity contribution in [1.29, 1.82) is 0 Å². The molecule has 0 spiro atoms. The maximum atomic E-state index is 4.25. The molecular weight excluding hydrogens is 154 g/mol. The van der Waals surface area contributed by atoms with E-state index in [0.717, 1.165) is 17.7 Å².